The number of carbonyl (C=O) groups excluding carboxylic acids is 1. The molecule has 0 saturated carbocycles. The zero-order valence-electron chi connectivity index (χ0n) is 56.9. The maximum absolute atomic E-state index is 13.2. The Kier molecular flexibility index (Phi) is 31.7. The minimum atomic E-state index is -5.08. The standard InChI is InChI=1S/C22H29N5O6S.C17H19ClN4O4S.C10H14O.C8H15NO3.C5H11NO2.C2HF3O2/c1-4-6-17-19-20(26(3)25-17)22(29)24-21(23-19)16-11-15(7-8-18(16)32-5-2)34(30,31)27-12-14(13-27)33-10-9-28;1-4-6-12-14-15(22(3)21-12)17(23)20-16(19-14)11-9-10(27(18,24)25)7-8-13(11)26-5-2;1-2-8-11-9-10-6-4-3-5-7-10;1-8(2,3)12-7(11)9-4-6(10)5-9;7-1-2-8-5-3-6-4-5;3-2(4,5)1(6)7/h7-8,11,14,28H,4-6,9-10,12-13H2,1-3H3,(H,23,24,29);7-9H,4-6H2,1-3H3,(H,19,20,23);3-7H,2,8-9H2,1H3;6,10H,4-5H2,1-3H3;5-7H,1-4H2;(H,6,7). The van der Waals surface area contributed by atoms with Crippen LogP contribution in [0.4, 0.5) is 18.0 Å². The summed E-state index contributed by atoms with van der Waals surface area (Å²) in [5, 5.41) is 45.1. The molecule has 0 atom stereocenters. The van der Waals surface area contributed by atoms with E-state index in [0.717, 1.165) is 45.6 Å². The van der Waals surface area contributed by atoms with E-state index in [4.69, 9.17) is 64.3 Å². The van der Waals surface area contributed by atoms with Crippen LogP contribution in [0.5, 0.6) is 11.5 Å². The molecule has 548 valence electrons. The number of ether oxygens (including phenoxy) is 6. The van der Waals surface area contributed by atoms with Crippen LogP contribution >= 0.6 is 10.7 Å². The van der Waals surface area contributed by atoms with Crippen molar-refractivity contribution in [3.63, 3.8) is 0 Å². The Labute approximate surface area is 576 Å². The lowest BCUT2D eigenvalue weighted by atomic mass is 10.1. The van der Waals surface area contributed by atoms with Gasteiger partial charge in [0.05, 0.1) is 110 Å². The molecule has 3 aliphatic rings. The van der Waals surface area contributed by atoms with Crippen LogP contribution in [0.25, 0.3) is 44.8 Å². The first-order chi connectivity index (χ1) is 46.7. The van der Waals surface area contributed by atoms with Gasteiger partial charge in [-0.1, -0.05) is 63.9 Å². The molecule has 29 nitrogen and oxygen atoms in total. The number of aliphatic carboxylic acids is 1. The number of halogens is 4. The number of alkyl halides is 3. The number of hydrogen-bond donors (Lipinski definition) is 7. The number of carboxylic acids is 1. The number of aliphatic hydroxyl groups excluding tert-OH is 3. The van der Waals surface area contributed by atoms with Crippen molar-refractivity contribution in [1.82, 2.24) is 54.0 Å². The van der Waals surface area contributed by atoms with Crippen LogP contribution in [0.3, 0.4) is 0 Å². The smallest absolute Gasteiger partial charge is 0.490 e. The third-order valence-corrected chi connectivity index (χ3v) is 17.3. The van der Waals surface area contributed by atoms with Crippen molar-refractivity contribution in [2.24, 2.45) is 14.1 Å². The van der Waals surface area contributed by atoms with Gasteiger partial charge in [0.2, 0.25) is 10.0 Å². The number of carbonyl (C=O) groups is 2. The minimum Gasteiger partial charge on any atom is -0.493 e. The molecule has 3 saturated heterocycles. The zero-order valence-corrected chi connectivity index (χ0v) is 59.3. The van der Waals surface area contributed by atoms with Crippen LogP contribution in [0.15, 0.2) is 86.1 Å². The van der Waals surface area contributed by atoms with E-state index in [1.807, 2.05) is 59.7 Å². The number of rotatable bonds is 23. The molecule has 7 heterocycles. The second kappa shape index (κ2) is 38.2. The van der Waals surface area contributed by atoms with Crippen LogP contribution in [0, 0.1) is 0 Å². The summed E-state index contributed by atoms with van der Waals surface area (Å²) in [6, 6.07) is 19.0. The van der Waals surface area contributed by atoms with E-state index in [-0.39, 0.29) is 83.8 Å². The summed E-state index contributed by atoms with van der Waals surface area (Å²) in [7, 11) is 1.11. The fourth-order valence-corrected chi connectivity index (χ4v) is 11.6. The average molecular weight is 1460 g/mol. The highest BCUT2D eigenvalue weighted by atomic mass is 35.7. The largest absolute Gasteiger partial charge is 0.493 e. The van der Waals surface area contributed by atoms with Gasteiger partial charge in [0.25, 0.3) is 20.2 Å². The number of nitrogens with one attached hydrogen (secondary N) is 3. The molecule has 0 radical (unpaired) electrons. The Morgan fingerprint density at radius 1 is 0.677 bits per heavy atom. The molecule has 4 aromatic heterocycles. The summed E-state index contributed by atoms with van der Waals surface area (Å²) in [4.78, 5) is 61.7. The van der Waals surface area contributed by atoms with Gasteiger partial charge in [0, 0.05) is 57.6 Å². The first-order valence-electron chi connectivity index (χ1n) is 31.9. The van der Waals surface area contributed by atoms with E-state index in [9.17, 15) is 44.4 Å². The van der Waals surface area contributed by atoms with Gasteiger partial charge < -0.3 is 69.0 Å². The number of β-amino-alcohol motifs (C(OH)–C–C–N with tert-alkyl or cyclic N) is 1. The number of carboxylic acid groups (broad SMARTS) is 1. The summed E-state index contributed by atoms with van der Waals surface area (Å²) in [5.74, 6) is -1.53. The molecule has 0 bridgehead atoms. The number of nitrogens with zero attached hydrogens (tertiary/aromatic N) is 8. The predicted octanol–water partition coefficient (Wildman–Crippen LogP) is 6.47. The Bertz CT molecular complexity index is 4100. The number of aryl methyl sites for hydroxylation is 4. The van der Waals surface area contributed by atoms with Gasteiger partial charge in [-0.15, -0.1) is 0 Å². The number of likely N-dealkylation sites (tertiary alicyclic amines) is 1. The molecule has 10 rings (SSSR count). The number of amides is 1. The van der Waals surface area contributed by atoms with Crippen LogP contribution in [0.1, 0.15) is 91.6 Å². The van der Waals surface area contributed by atoms with Crippen LogP contribution in [-0.4, -0.2) is 214 Å². The first-order valence-corrected chi connectivity index (χ1v) is 35.6. The quantitative estimate of drug-likeness (QED) is 0.0266. The fraction of sp³-hybridized carbons (Fsp3) is 0.531. The molecule has 0 aliphatic carbocycles. The molecule has 7 N–H and O–H groups in total. The van der Waals surface area contributed by atoms with Gasteiger partial charge in [-0.2, -0.15) is 27.7 Å². The summed E-state index contributed by atoms with van der Waals surface area (Å²) in [6.45, 7) is 21.3. The SMILES string of the molecule is CC(C)(C)OC(=O)N1CC(O)C1.CCCOCc1ccccc1.CCCc1nn(C)c2c(=O)[nH]c(-c3cc(S(=O)(=O)Cl)ccc3OCC)nc12.CCCc1nn(C)c2c(=O)[nH]c(-c3cc(S(=O)(=O)N4CC(OCCO)C4)ccc3OCC)nc12.O=C(O)C(F)(F)F.OCCOC1CNC1. The molecule has 3 aromatic carbocycles. The lowest BCUT2D eigenvalue weighted by Crippen LogP contribution is -2.54. The predicted molar refractivity (Wildman–Crippen MR) is 362 cm³/mol. The molecule has 0 spiro atoms. The van der Waals surface area contributed by atoms with Crippen molar-refractivity contribution in [3.8, 4) is 34.3 Å². The van der Waals surface area contributed by atoms with E-state index in [0.29, 0.717) is 108 Å². The first kappa shape index (κ1) is 82.0. The molecule has 99 heavy (non-hydrogen) atoms. The van der Waals surface area contributed by atoms with E-state index >= 15 is 0 Å². The number of H-pyrrole nitrogens is 2. The van der Waals surface area contributed by atoms with Crippen LogP contribution in [0.2, 0.25) is 0 Å². The molecule has 3 aliphatic heterocycles. The van der Waals surface area contributed by atoms with Crippen molar-refractivity contribution in [2.75, 3.05) is 85.5 Å². The number of fused-ring (bicyclic) bond motifs is 2. The number of aliphatic hydroxyl groups is 3. The molecule has 7 aromatic rings. The number of sulfonamides is 1. The summed E-state index contributed by atoms with van der Waals surface area (Å²) in [5.41, 5.74) is 3.91. The Balaban J connectivity index is 0.000000238. The van der Waals surface area contributed by atoms with Crippen LogP contribution < -0.4 is 25.9 Å². The lowest BCUT2D eigenvalue weighted by Gasteiger charge is -2.37. The van der Waals surface area contributed by atoms with E-state index < -0.39 is 36.8 Å². The molecule has 35 heteroatoms. The van der Waals surface area contributed by atoms with Gasteiger partial charge in [0.1, 0.15) is 39.8 Å². The van der Waals surface area contributed by atoms with E-state index in [2.05, 4.69) is 54.5 Å². The summed E-state index contributed by atoms with van der Waals surface area (Å²) in [6.07, 6.45) is -1.56. The Hall–Kier alpha value is -7.64. The van der Waals surface area contributed by atoms with Gasteiger partial charge in [-0.05, 0) is 95.8 Å². The second-order valence-electron chi connectivity index (χ2n) is 23.3. The van der Waals surface area contributed by atoms with Crippen molar-refractivity contribution in [3.05, 3.63) is 104 Å². The van der Waals surface area contributed by atoms with Gasteiger partial charge in [-0.3, -0.25) is 19.0 Å². The fourth-order valence-electron chi connectivity index (χ4n) is 9.33. The van der Waals surface area contributed by atoms with E-state index in [1.54, 1.807) is 27.1 Å². The van der Waals surface area contributed by atoms with Crippen molar-refractivity contribution >= 4 is 63.9 Å². The van der Waals surface area contributed by atoms with Gasteiger partial charge >= 0.3 is 18.2 Å². The maximum Gasteiger partial charge on any atom is 0.490 e. The average Bonchev–Trinajstić information content (AvgIpc) is 1.72. The van der Waals surface area contributed by atoms with Crippen molar-refractivity contribution in [1.29, 1.82) is 0 Å². The lowest BCUT2D eigenvalue weighted by molar-refractivity contribution is -0.192. The highest BCUT2D eigenvalue weighted by Crippen LogP contribution is 2.35. The Morgan fingerprint density at radius 3 is 1.54 bits per heavy atom. The number of aromatic amines is 2. The molecular weight excluding hydrogens is 1370 g/mol. The number of benzene rings is 3. The second-order valence-corrected chi connectivity index (χ2v) is 27.8. The normalized spacial score (nSPS) is 14.3. The molecule has 0 unspecified atom stereocenters. The van der Waals surface area contributed by atoms with Crippen molar-refractivity contribution < 1.29 is 88.4 Å². The third kappa shape index (κ3) is 24.3. The monoisotopic (exact) mass is 1460 g/mol. The summed E-state index contributed by atoms with van der Waals surface area (Å²) < 4.78 is 118. The molecule has 3 fully saturated rings. The maximum atomic E-state index is 13.2. The zero-order chi connectivity index (χ0) is 73.4. The van der Waals surface area contributed by atoms with E-state index in [1.165, 1.54) is 54.5 Å². The highest BCUT2D eigenvalue weighted by Gasteiger charge is 2.39. The molecule has 1 amide bonds. The van der Waals surface area contributed by atoms with Gasteiger partial charge in [-0.25, -0.2) is 36.4 Å². The van der Waals surface area contributed by atoms with Crippen LogP contribution in [-0.2, 0) is 76.4 Å². The number of aromatic nitrogens is 8. The minimum absolute atomic E-state index is 0.0641. The summed E-state index contributed by atoms with van der Waals surface area (Å²) >= 11 is 0. The highest BCUT2D eigenvalue weighted by molar-refractivity contribution is 8.13. The van der Waals surface area contributed by atoms with Crippen molar-refractivity contribution in [2.45, 2.75) is 134 Å². The third-order valence-electron chi connectivity index (χ3n) is 14.1. The Morgan fingerprint density at radius 2 is 1.14 bits per heavy atom. The topological polar surface area (TPSA) is 384 Å². The van der Waals surface area contributed by atoms with Gasteiger partial charge in [0.15, 0.2) is 11.0 Å². The number of hydrogen-bond acceptors (Lipinski definition) is 22. The molecular formula is C64H89ClF3N11O18S2.